The fourth-order valence-electron chi connectivity index (χ4n) is 3.09. The number of nitrogens with one attached hydrogen (secondary N) is 1. The number of carbonyl (C=O) groups is 1. The molecule has 0 bridgehead atoms. The van der Waals surface area contributed by atoms with Crippen LogP contribution >= 0.6 is 12.4 Å². The van der Waals surface area contributed by atoms with E-state index in [-0.39, 0.29) is 12.4 Å². The zero-order valence-electron chi connectivity index (χ0n) is 14.0. The average molecular weight is 325 g/mol. The molecule has 1 heterocycles. The molecule has 1 aromatic carbocycles. The van der Waals surface area contributed by atoms with Crippen LogP contribution in [0, 0.1) is 6.92 Å². The summed E-state index contributed by atoms with van der Waals surface area (Å²) in [6.07, 6.45) is 3.80. The van der Waals surface area contributed by atoms with Crippen LogP contribution in [-0.4, -0.2) is 37.0 Å². The molecule has 0 saturated carbocycles. The Labute approximate surface area is 140 Å². The molecule has 1 aliphatic heterocycles. The Bertz CT molecular complexity index is 453. The van der Waals surface area contributed by atoms with E-state index in [4.69, 9.17) is 0 Å². The second kappa shape index (κ2) is 9.16. The van der Waals surface area contributed by atoms with Crippen LogP contribution in [0.15, 0.2) is 24.3 Å². The van der Waals surface area contributed by atoms with E-state index in [1.807, 2.05) is 11.9 Å². The zero-order valence-corrected chi connectivity index (χ0v) is 14.8. The van der Waals surface area contributed by atoms with Gasteiger partial charge in [-0.2, -0.15) is 0 Å². The molecule has 0 radical (unpaired) electrons. The first-order valence-electron chi connectivity index (χ1n) is 8.15. The topological polar surface area (TPSA) is 32.3 Å². The van der Waals surface area contributed by atoms with Crippen molar-refractivity contribution >= 4 is 18.3 Å². The number of halogens is 1. The van der Waals surface area contributed by atoms with Crippen LogP contribution in [0.25, 0.3) is 0 Å². The Morgan fingerprint density at radius 3 is 2.36 bits per heavy atom. The molecule has 1 aromatic rings. The van der Waals surface area contributed by atoms with Crippen LogP contribution in [-0.2, 0) is 4.79 Å². The molecule has 22 heavy (non-hydrogen) atoms. The molecule has 1 atom stereocenters. The maximum absolute atomic E-state index is 12.5. The third kappa shape index (κ3) is 4.99. The van der Waals surface area contributed by atoms with E-state index in [1.54, 1.807) is 0 Å². The van der Waals surface area contributed by atoms with Gasteiger partial charge in [0.15, 0.2) is 0 Å². The first-order valence-corrected chi connectivity index (χ1v) is 8.15. The Morgan fingerprint density at radius 2 is 1.86 bits per heavy atom. The summed E-state index contributed by atoms with van der Waals surface area (Å²) in [5.41, 5.74) is 2.57. The zero-order chi connectivity index (χ0) is 15.2. The molecule has 1 fully saturated rings. The van der Waals surface area contributed by atoms with Crippen LogP contribution in [0.2, 0.25) is 0 Å². The van der Waals surface area contributed by atoms with E-state index in [1.165, 1.54) is 11.1 Å². The van der Waals surface area contributed by atoms with Crippen molar-refractivity contribution in [2.75, 3.05) is 20.1 Å². The number of nitrogens with zero attached hydrogens (tertiary/aromatic N) is 1. The van der Waals surface area contributed by atoms with Gasteiger partial charge in [0.2, 0.25) is 5.91 Å². The third-order valence-electron chi connectivity index (χ3n) is 4.72. The van der Waals surface area contributed by atoms with Crippen molar-refractivity contribution in [2.24, 2.45) is 0 Å². The maximum Gasteiger partial charge on any atom is 0.223 e. The van der Waals surface area contributed by atoms with Crippen molar-refractivity contribution in [3.63, 3.8) is 0 Å². The number of piperidine rings is 1. The summed E-state index contributed by atoms with van der Waals surface area (Å²) in [6, 6.07) is 9.20. The normalized spacial score (nSPS) is 17.0. The van der Waals surface area contributed by atoms with Gasteiger partial charge < -0.3 is 10.2 Å². The lowest BCUT2D eigenvalue weighted by Crippen LogP contribution is -2.44. The van der Waals surface area contributed by atoms with Gasteiger partial charge >= 0.3 is 0 Å². The summed E-state index contributed by atoms with van der Waals surface area (Å²) >= 11 is 0. The number of likely N-dealkylation sites (tertiary alicyclic amines) is 1. The molecule has 0 aromatic heterocycles. The summed E-state index contributed by atoms with van der Waals surface area (Å²) < 4.78 is 0. The average Bonchev–Trinajstić information content (AvgIpc) is 2.53. The molecule has 1 unspecified atom stereocenters. The van der Waals surface area contributed by atoms with Crippen molar-refractivity contribution in [1.82, 2.24) is 10.2 Å². The van der Waals surface area contributed by atoms with Gasteiger partial charge in [-0.1, -0.05) is 36.8 Å². The Morgan fingerprint density at radius 1 is 1.27 bits per heavy atom. The van der Waals surface area contributed by atoms with Crippen LogP contribution in [0.3, 0.4) is 0 Å². The predicted octanol–water partition coefficient (Wildman–Crippen LogP) is 3.51. The highest BCUT2D eigenvalue weighted by Gasteiger charge is 2.24. The number of carbonyl (C=O) groups excluding carboxylic acids is 1. The van der Waals surface area contributed by atoms with Gasteiger partial charge in [0, 0.05) is 25.6 Å². The summed E-state index contributed by atoms with van der Waals surface area (Å²) in [7, 11) is 2.01. The second-order valence-electron chi connectivity index (χ2n) is 6.16. The second-order valence-corrected chi connectivity index (χ2v) is 6.16. The van der Waals surface area contributed by atoms with Crippen molar-refractivity contribution in [1.29, 1.82) is 0 Å². The smallest absolute Gasteiger partial charge is 0.223 e. The predicted molar refractivity (Wildman–Crippen MR) is 94.7 cm³/mol. The first-order chi connectivity index (χ1) is 10.1. The van der Waals surface area contributed by atoms with E-state index in [9.17, 15) is 4.79 Å². The fourth-order valence-corrected chi connectivity index (χ4v) is 3.09. The standard InChI is InChI=1S/C18H28N2O.ClH/c1-4-15(16-7-5-14(2)6-8-16)13-18(21)20-11-9-17(19-3)10-12-20;/h5-8,15,17,19H,4,9-13H2,1-3H3;1H. The number of amides is 1. The molecule has 4 heteroatoms. The molecule has 124 valence electrons. The van der Waals surface area contributed by atoms with E-state index >= 15 is 0 Å². The van der Waals surface area contributed by atoms with Crippen molar-refractivity contribution in [3.05, 3.63) is 35.4 Å². The lowest BCUT2D eigenvalue weighted by atomic mass is 9.91. The molecule has 1 amide bonds. The number of hydrogen-bond donors (Lipinski definition) is 1. The van der Waals surface area contributed by atoms with Crippen LogP contribution in [0.1, 0.15) is 49.7 Å². The lowest BCUT2D eigenvalue weighted by Gasteiger charge is -2.32. The number of rotatable bonds is 5. The van der Waals surface area contributed by atoms with Crippen LogP contribution in [0.4, 0.5) is 0 Å². The Hall–Kier alpha value is -1.06. The summed E-state index contributed by atoms with van der Waals surface area (Å²) in [4.78, 5) is 14.6. The minimum absolute atomic E-state index is 0. The van der Waals surface area contributed by atoms with E-state index in [0.717, 1.165) is 32.4 Å². The van der Waals surface area contributed by atoms with Crippen molar-refractivity contribution in [2.45, 2.75) is 51.5 Å². The molecule has 0 spiro atoms. The number of benzene rings is 1. The number of hydrogen-bond acceptors (Lipinski definition) is 2. The molecule has 3 nitrogen and oxygen atoms in total. The minimum atomic E-state index is 0. The maximum atomic E-state index is 12.5. The first kappa shape index (κ1) is 19.0. The van der Waals surface area contributed by atoms with E-state index < -0.39 is 0 Å². The molecule has 1 aliphatic rings. The minimum Gasteiger partial charge on any atom is -0.343 e. The van der Waals surface area contributed by atoms with Gasteiger partial charge in [0.05, 0.1) is 0 Å². The Balaban J connectivity index is 0.00000242. The largest absolute Gasteiger partial charge is 0.343 e. The molecular formula is C18H29ClN2O. The monoisotopic (exact) mass is 324 g/mol. The van der Waals surface area contributed by atoms with Crippen LogP contribution < -0.4 is 5.32 Å². The van der Waals surface area contributed by atoms with Gasteiger partial charge in [-0.25, -0.2) is 0 Å². The SMILES string of the molecule is CCC(CC(=O)N1CCC(NC)CC1)c1ccc(C)cc1.Cl. The van der Waals surface area contributed by atoms with E-state index in [2.05, 4.69) is 43.4 Å². The highest BCUT2D eigenvalue weighted by atomic mass is 35.5. The van der Waals surface area contributed by atoms with Crippen molar-refractivity contribution in [3.8, 4) is 0 Å². The summed E-state index contributed by atoms with van der Waals surface area (Å²) in [5.74, 6) is 0.664. The Kier molecular flexibility index (Phi) is 7.91. The quantitative estimate of drug-likeness (QED) is 0.899. The van der Waals surface area contributed by atoms with Crippen LogP contribution in [0.5, 0.6) is 0 Å². The fraction of sp³-hybridized carbons (Fsp3) is 0.611. The molecule has 0 aliphatic carbocycles. The van der Waals surface area contributed by atoms with Gasteiger partial charge in [-0.05, 0) is 44.7 Å². The van der Waals surface area contributed by atoms with Gasteiger partial charge in [0.25, 0.3) is 0 Å². The molecule has 2 rings (SSSR count). The van der Waals surface area contributed by atoms with Gasteiger partial charge in [0.1, 0.15) is 0 Å². The van der Waals surface area contributed by atoms with Gasteiger partial charge in [-0.3, -0.25) is 4.79 Å². The lowest BCUT2D eigenvalue weighted by molar-refractivity contribution is -0.132. The molecule has 1 N–H and O–H groups in total. The van der Waals surface area contributed by atoms with Crippen molar-refractivity contribution < 1.29 is 4.79 Å². The summed E-state index contributed by atoms with van der Waals surface area (Å²) in [6.45, 7) is 6.07. The van der Waals surface area contributed by atoms with Gasteiger partial charge in [-0.15, -0.1) is 12.4 Å². The highest BCUT2D eigenvalue weighted by molar-refractivity contribution is 5.85. The molecule has 1 saturated heterocycles. The summed E-state index contributed by atoms with van der Waals surface area (Å²) in [5, 5.41) is 3.31. The highest BCUT2D eigenvalue weighted by Crippen LogP contribution is 2.25. The molecular weight excluding hydrogens is 296 g/mol. The van der Waals surface area contributed by atoms with E-state index in [0.29, 0.717) is 24.3 Å². The third-order valence-corrected chi connectivity index (χ3v) is 4.72. The number of aryl methyl sites for hydroxylation is 1.